The monoisotopic (exact) mass is 301 g/mol. The highest BCUT2D eigenvalue weighted by Gasteiger charge is 2.22. The maximum atomic E-state index is 11.9. The van der Waals surface area contributed by atoms with Crippen LogP contribution in [-0.4, -0.2) is 33.8 Å². The number of benzene rings is 1. The zero-order valence-electron chi connectivity index (χ0n) is 12.2. The van der Waals surface area contributed by atoms with Gasteiger partial charge in [-0.05, 0) is 24.1 Å². The first-order chi connectivity index (χ1) is 9.58. The Morgan fingerprint density at radius 2 is 1.75 bits per heavy atom. The van der Waals surface area contributed by atoms with Crippen LogP contribution in [0.5, 0.6) is 17.2 Å². The predicted octanol–water partition coefficient (Wildman–Crippen LogP) is 2.52. The van der Waals surface area contributed by atoms with Gasteiger partial charge >= 0.3 is 0 Å². The Morgan fingerprint density at radius 3 is 2.15 bits per heavy atom. The van der Waals surface area contributed by atoms with Crippen LogP contribution >= 0.6 is 11.6 Å². The normalized spacial score (nSPS) is 11.7. The van der Waals surface area contributed by atoms with Crippen LogP contribution in [0.2, 0.25) is 0 Å². The number of hydrogen-bond acceptors (Lipinski definition) is 4. The first kappa shape index (κ1) is 16.4. The molecule has 0 radical (unpaired) electrons. The van der Waals surface area contributed by atoms with E-state index < -0.39 is 5.38 Å². The zero-order chi connectivity index (χ0) is 15.1. The molecule has 1 rings (SSSR count). The number of nitrogens with one attached hydrogen (secondary N) is 1. The minimum absolute atomic E-state index is 0.247. The van der Waals surface area contributed by atoms with Crippen molar-refractivity contribution in [3.05, 3.63) is 17.7 Å². The molecular formula is C14H20ClNO4. The molecule has 0 heterocycles. The van der Waals surface area contributed by atoms with E-state index in [1.54, 1.807) is 12.1 Å². The van der Waals surface area contributed by atoms with Crippen molar-refractivity contribution in [2.24, 2.45) is 0 Å². The van der Waals surface area contributed by atoms with Crippen molar-refractivity contribution in [3.8, 4) is 17.2 Å². The highest BCUT2D eigenvalue weighted by Crippen LogP contribution is 2.40. The maximum absolute atomic E-state index is 11.9. The van der Waals surface area contributed by atoms with Gasteiger partial charge < -0.3 is 19.5 Å². The fraction of sp³-hybridized carbons (Fsp3) is 0.500. The van der Waals surface area contributed by atoms with E-state index in [-0.39, 0.29) is 5.91 Å². The molecule has 0 aliphatic carbocycles. The van der Waals surface area contributed by atoms with Gasteiger partial charge in [-0.3, -0.25) is 4.79 Å². The summed E-state index contributed by atoms with van der Waals surface area (Å²) in [5.41, 5.74) is 0.592. The Hall–Kier alpha value is -1.62. The number of carbonyl (C=O) groups excluding carboxylic acids is 1. The third kappa shape index (κ3) is 3.70. The Balaban J connectivity index is 3.09. The molecule has 1 amide bonds. The zero-order valence-corrected chi connectivity index (χ0v) is 12.9. The first-order valence-corrected chi connectivity index (χ1v) is 6.74. The van der Waals surface area contributed by atoms with Crippen molar-refractivity contribution >= 4 is 17.5 Å². The van der Waals surface area contributed by atoms with Crippen LogP contribution in [0.25, 0.3) is 0 Å². The highest BCUT2D eigenvalue weighted by atomic mass is 35.5. The van der Waals surface area contributed by atoms with Crippen LogP contribution in [0.15, 0.2) is 12.1 Å². The molecule has 112 valence electrons. The van der Waals surface area contributed by atoms with Crippen LogP contribution in [0.4, 0.5) is 0 Å². The van der Waals surface area contributed by atoms with Gasteiger partial charge in [0.1, 0.15) is 5.38 Å². The topological polar surface area (TPSA) is 56.8 Å². The molecule has 0 saturated heterocycles. The lowest BCUT2D eigenvalue weighted by Gasteiger charge is -2.16. The molecule has 1 atom stereocenters. The minimum Gasteiger partial charge on any atom is -0.493 e. The summed E-state index contributed by atoms with van der Waals surface area (Å²) in [7, 11) is 4.55. The third-order valence-corrected chi connectivity index (χ3v) is 3.21. The molecule has 0 aliphatic heterocycles. The van der Waals surface area contributed by atoms with E-state index in [9.17, 15) is 4.79 Å². The van der Waals surface area contributed by atoms with Gasteiger partial charge in [0.05, 0.1) is 21.3 Å². The Kier molecular flexibility index (Phi) is 6.45. The van der Waals surface area contributed by atoms with Crippen molar-refractivity contribution in [3.63, 3.8) is 0 Å². The van der Waals surface area contributed by atoms with E-state index in [0.717, 1.165) is 6.42 Å². The molecule has 6 heteroatoms. The van der Waals surface area contributed by atoms with Crippen LogP contribution in [-0.2, 0) is 4.79 Å². The minimum atomic E-state index is -0.810. The summed E-state index contributed by atoms with van der Waals surface area (Å²) in [6, 6.07) is 3.34. The summed E-state index contributed by atoms with van der Waals surface area (Å²) in [4.78, 5) is 11.9. The number of ether oxygens (including phenoxy) is 3. The summed E-state index contributed by atoms with van der Waals surface area (Å²) in [6.07, 6.45) is 0.852. The number of hydrogen-bond donors (Lipinski definition) is 1. The fourth-order valence-corrected chi connectivity index (χ4v) is 1.94. The number of carbonyl (C=O) groups is 1. The SMILES string of the molecule is CCCNC(=O)C(Cl)c1cc(OC)c(OC)c(OC)c1. The van der Waals surface area contributed by atoms with E-state index in [1.165, 1.54) is 21.3 Å². The molecule has 1 aromatic carbocycles. The lowest BCUT2D eigenvalue weighted by Crippen LogP contribution is -2.27. The van der Waals surface area contributed by atoms with Crippen molar-refractivity contribution in [2.45, 2.75) is 18.7 Å². The fourth-order valence-electron chi connectivity index (χ4n) is 1.74. The third-order valence-electron chi connectivity index (χ3n) is 2.76. The predicted molar refractivity (Wildman–Crippen MR) is 78.0 cm³/mol. The van der Waals surface area contributed by atoms with Gasteiger partial charge in [0.2, 0.25) is 11.7 Å². The molecule has 0 bridgehead atoms. The first-order valence-electron chi connectivity index (χ1n) is 6.30. The molecule has 20 heavy (non-hydrogen) atoms. The Bertz CT molecular complexity index is 439. The number of alkyl halides is 1. The molecule has 0 fully saturated rings. The second-order valence-corrected chi connectivity index (χ2v) is 4.55. The van der Waals surface area contributed by atoms with Crippen LogP contribution < -0.4 is 19.5 Å². The van der Waals surface area contributed by atoms with Crippen LogP contribution in [0, 0.1) is 0 Å². The smallest absolute Gasteiger partial charge is 0.242 e. The molecule has 0 saturated carbocycles. The molecule has 0 aliphatic rings. The Morgan fingerprint density at radius 1 is 1.20 bits per heavy atom. The van der Waals surface area contributed by atoms with Gasteiger partial charge in [0.25, 0.3) is 0 Å². The standard InChI is InChI=1S/C14H20ClNO4/c1-5-6-16-14(17)12(15)9-7-10(18-2)13(20-4)11(8-9)19-3/h7-8,12H,5-6H2,1-4H3,(H,16,17). The van der Waals surface area contributed by atoms with Crippen molar-refractivity contribution in [1.29, 1.82) is 0 Å². The van der Waals surface area contributed by atoms with E-state index in [2.05, 4.69) is 5.32 Å². The summed E-state index contributed by atoms with van der Waals surface area (Å²) in [5, 5.41) is 1.94. The van der Waals surface area contributed by atoms with Gasteiger partial charge in [-0.2, -0.15) is 0 Å². The number of rotatable bonds is 7. The van der Waals surface area contributed by atoms with Crippen molar-refractivity contribution in [2.75, 3.05) is 27.9 Å². The molecule has 5 nitrogen and oxygen atoms in total. The highest BCUT2D eigenvalue weighted by molar-refractivity contribution is 6.30. The van der Waals surface area contributed by atoms with Crippen molar-refractivity contribution < 1.29 is 19.0 Å². The lowest BCUT2D eigenvalue weighted by molar-refractivity contribution is -0.120. The van der Waals surface area contributed by atoms with Gasteiger partial charge in [-0.15, -0.1) is 11.6 Å². The Labute approximate surface area is 124 Å². The maximum Gasteiger partial charge on any atom is 0.242 e. The largest absolute Gasteiger partial charge is 0.493 e. The molecule has 0 aromatic heterocycles. The molecule has 1 unspecified atom stereocenters. The second kappa shape index (κ2) is 7.85. The van der Waals surface area contributed by atoms with Gasteiger partial charge in [-0.1, -0.05) is 6.92 Å². The van der Waals surface area contributed by atoms with Gasteiger partial charge in [-0.25, -0.2) is 0 Å². The van der Waals surface area contributed by atoms with Gasteiger partial charge in [0.15, 0.2) is 11.5 Å². The quantitative estimate of drug-likeness (QED) is 0.786. The average molecular weight is 302 g/mol. The molecule has 1 aromatic rings. The molecular weight excluding hydrogens is 282 g/mol. The van der Waals surface area contributed by atoms with Gasteiger partial charge in [0, 0.05) is 6.54 Å². The van der Waals surface area contributed by atoms with Crippen LogP contribution in [0.3, 0.4) is 0 Å². The molecule has 0 spiro atoms. The number of methoxy groups -OCH3 is 3. The molecule has 1 N–H and O–H groups in total. The summed E-state index contributed by atoms with van der Waals surface area (Å²) in [6.45, 7) is 2.56. The lowest BCUT2D eigenvalue weighted by atomic mass is 10.1. The van der Waals surface area contributed by atoms with E-state index in [0.29, 0.717) is 29.4 Å². The van der Waals surface area contributed by atoms with E-state index in [1.807, 2.05) is 6.92 Å². The summed E-state index contributed by atoms with van der Waals surface area (Å²) >= 11 is 6.18. The van der Waals surface area contributed by atoms with E-state index in [4.69, 9.17) is 25.8 Å². The van der Waals surface area contributed by atoms with Crippen molar-refractivity contribution in [1.82, 2.24) is 5.32 Å². The summed E-state index contributed by atoms with van der Waals surface area (Å²) < 4.78 is 15.7. The second-order valence-electron chi connectivity index (χ2n) is 4.11. The number of halogens is 1. The summed E-state index contributed by atoms with van der Waals surface area (Å²) in [5.74, 6) is 1.16. The van der Waals surface area contributed by atoms with Crippen LogP contribution in [0.1, 0.15) is 24.3 Å². The number of amides is 1. The van der Waals surface area contributed by atoms with E-state index >= 15 is 0 Å². The average Bonchev–Trinajstić information content (AvgIpc) is 2.49.